The van der Waals surface area contributed by atoms with Gasteiger partial charge in [0.15, 0.2) is 0 Å². The van der Waals surface area contributed by atoms with Gasteiger partial charge in [-0.25, -0.2) is 0 Å². The van der Waals surface area contributed by atoms with Gasteiger partial charge in [-0.1, -0.05) is 30.6 Å². The lowest BCUT2D eigenvalue weighted by molar-refractivity contribution is -0.158. The summed E-state index contributed by atoms with van der Waals surface area (Å²) in [6, 6.07) is 0. The minimum absolute atomic E-state index is 0.0174. The zero-order valence-electron chi connectivity index (χ0n) is 18.0. The molecule has 3 fully saturated rings. The fourth-order valence-corrected chi connectivity index (χ4v) is 7.85. The van der Waals surface area contributed by atoms with E-state index in [9.17, 15) is 9.90 Å². The fraction of sp³-hybridized carbons (Fsp3) is 0.870. The van der Waals surface area contributed by atoms with Crippen LogP contribution in [-0.4, -0.2) is 29.8 Å². The smallest absolute Gasteiger partial charge is 0.303 e. The summed E-state index contributed by atoms with van der Waals surface area (Å²) in [6.07, 6.45) is 9.90. The molecule has 1 N–H and O–H groups in total. The summed E-state index contributed by atoms with van der Waals surface area (Å²) in [7, 11) is 0. The zero-order chi connectivity index (χ0) is 20.8. The predicted octanol–water partition coefficient (Wildman–Crippen LogP) is 5.17. The lowest BCUT2D eigenvalue weighted by atomic mass is 9.47. The zero-order valence-corrected chi connectivity index (χ0v) is 18.0. The molecule has 0 bridgehead atoms. The van der Waals surface area contributed by atoms with Crippen molar-refractivity contribution >= 4 is 5.97 Å². The molecule has 0 radical (unpaired) electrons. The summed E-state index contributed by atoms with van der Waals surface area (Å²) >= 11 is 0. The van der Waals surface area contributed by atoms with Gasteiger partial charge in [-0.2, -0.15) is 0 Å². The monoisotopic (exact) mass is 401 g/mol. The first-order chi connectivity index (χ1) is 13.8. The molecular weight excluding hydrogens is 366 g/mol. The number of carbonyl (C=O) groups is 1. The maximum atomic E-state index is 11.4. The van der Waals surface area contributed by atoms with E-state index in [0.717, 1.165) is 18.8 Å². The van der Waals surface area contributed by atoms with Crippen molar-refractivity contribution in [2.45, 2.75) is 84.3 Å². The molecule has 0 heterocycles. The average Bonchev–Trinajstić information content (AvgIpc) is 2.99. The molecule has 4 rings (SSSR count). The van der Waals surface area contributed by atoms with Gasteiger partial charge in [0.05, 0.1) is 6.10 Å². The third kappa shape index (κ3) is 3.38. The predicted molar refractivity (Wildman–Crippen MR) is 111 cm³/mol. The van der Waals surface area contributed by atoms with Crippen molar-refractivity contribution in [2.75, 3.05) is 6.54 Å². The van der Waals surface area contributed by atoms with Gasteiger partial charge >= 0.3 is 5.97 Å². The summed E-state index contributed by atoms with van der Waals surface area (Å²) in [5.41, 5.74) is 10.4. The highest BCUT2D eigenvalue weighted by Gasteiger charge is 2.59. The maximum absolute atomic E-state index is 11.4. The quantitative estimate of drug-likeness (QED) is 0.231. The Balaban J connectivity index is 1.55. The Morgan fingerprint density at radius 1 is 1.34 bits per heavy atom. The minimum atomic E-state index is -0.576. The summed E-state index contributed by atoms with van der Waals surface area (Å²) in [5.74, 6) is 2.34. The van der Waals surface area contributed by atoms with Crippen LogP contribution in [0.4, 0.5) is 0 Å². The van der Waals surface area contributed by atoms with Crippen molar-refractivity contribution in [3.63, 3.8) is 0 Å². The standard InChI is InChI=1S/C23H35N3O3/c1-14(27)29-21-12-16-4-6-17-18-7-5-15(9-11-25-26-24)22(18,2)10-8-19(17)23(16,3)13-20(21)28/h4,15,17-21,28H,5-13H2,1-3H3/t15-,17+,18+,19+,20?,21?,22-,23+/m1/s1. The molecule has 6 nitrogen and oxygen atoms in total. The average molecular weight is 402 g/mol. The highest BCUT2D eigenvalue weighted by Crippen LogP contribution is 2.66. The Morgan fingerprint density at radius 2 is 2.14 bits per heavy atom. The Hall–Kier alpha value is -1.52. The molecule has 0 amide bonds. The molecule has 4 aliphatic carbocycles. The number of carbonyl (C=O) groups excluding carboxylic acids is 1. The third-order valence-corrected chi connectivity index (χ3v) is 9.26. The molecule has 0 aromatic rings. The Bertz CT molecular complexity index is 746. The molecule has 29 heavy (non-hydrogen) atoms. The number of hydrogen-bond acceptors (Lipinski definition) is 4. The van der Waals surface area contributed by atoms with Crippen LogP contribution in [0.15, 0.2) is 16.8 Å². The van der Waals surface area contributed by atoms with Crippen molar-refractivity contribution < 1.29 is 14.6 Å². The first-order valence-electron chi connectivity index (χ1n) is 11.3. The van der Waals surface area contributed by atoms with Crippen molar-refractivity contribution in [2.24, 2.45) is 39.6 Å². The Labute approximate surface area is 173 Å². The van der Waals surface area contributed by atoms with Crippen LogP contribution >= 0.6 is 0 Å². The van der Waals surface area contributed by atoms with Gasteiger partial charge in [0.1, 0.15) is 6.10 Å². The number of esters is 1. The lowest BCUT2D eigenvalue weighted by Crippen LogP contribution is -2.53. The first-order valence-corrected chi connectivity index (χ1v) is 11.3. The molecule has 6 heteroatoms. The number of aliphatic hydroxyl groups is 1. The number of aliphatic hydroxyl groups excluding tert-OH is 1. The van der Waals surface area contributed by atoms with E-state index in [-0.39, 0.29) is 11.4 Å². The summed E-state index contributed by atoms with van der Waals surface area (Å²) in [5, 5.41) is 14.6. The summed E-state index contributed by atoms with van der Waals surface area (Å²) in [6.45, 7) is 6.87. The van der Waals surface area contributed by atoms with Crippen molar-refractivity contribution in [1.29, 1.82) is 0 Å². The van der Waals surface area contributed by atoms with E-state index in [1.807, 2.05) is 0 Å². The normalized spacial score (nSPS) is 45.9. The van der Waals surface area contributed by atoms with E-state index in [0.29, 0.717) is 42.6 Å². The van der Waals surface area contributed by atoms with Gasteiger partial charge in [-0.3, -0.25) is 4.79 Å². The highest BCUT2D eigenvalue weighted by atomic mass is 16.6. The van der Waals surface area contributed by atoms with Gasteiger partial charge in [0.2, 0.25) is 0 Å². The topological polar surface area (TPSA) is 95.3 Å². The molecule has 160 valence electrons. The molecule has 2 unspecified atom stereocenters. The molecule has 0 aromatic carbocycles. The van der Waals surface area contributed by atoms with E-state index >= 15 is 0 Å². The summed E-state index contributed by atoms with van der Waals surface area (Å²) in [4.78, 5) is 14.4. The molecule has 0 aromatic heterocycles. The Morgan fingerprint density at radius 3 is 2.86 bits per heavy atom. The largest absolute Gasteiger partial charge is 0.459 e. The van der Waals surface area contributed by atoms with Gasteiger partial charge < -0.3 is 9.84 Å². The number of hydrogen-bond donors (Lipinski definition) is 1. The lowest BCUT2D eigenvalue weighted by Gasteiger charge is -2.58. The second kappa shape index (κ2) is 7.63. The summed E-state index contributed by atoms with van der Waals surface area (Å²) < 4.78 is 5.42. The highest BCUT2D eigenvalue weighted by molar-refractivity contribution is 5.66. The van der Waals surface area contributed by atoms with Crippen LogP contribution < -0.4 is 0 Å². The van der Waals surface area contributed by atoms with Crippen LogP contribution in [0.1, 0.15) is 72.1 Å². The second-order valence-corrected chi connectivity index (χ2v) is 10.4. The van der Waals surface area contributed by atoms with Crippen LogP contribution in [0.3, 0.4) is 0 Å². The van der Waals surface area contributed by atoms with E-state index in [1.54, 1.807) is 0 Å². The molecule has 0 spiro atoms. The fourth-order valence-electron chi connectivity index (χ4n) is 7.85. The molecule has 4 aliphatic rings. The molecule has 0 saturated heterocycles. The second-order valence-electron chi connectivity index (χ2n) is 10.4. The van der Waals surface area contributed by atoms with Crippen molar-refractivity contribution in [3.05, 3.63) is 22.1 Å². The van der Waals surface area contributed by atoms with Crippen LogP contribution in [-0.2, 0) is 9.53 Å². The van der Waals surface area contributed by atoms with Gasteiger partial charge in [0.25, 0.3) is 0 Å². The maximum Gasteiger partial charge on any atom is 0.303 e. The van der Waals surface area contributed by atoms with Gasteiger partial charge in [-0.05, 0) is 85.0 Å². The van der Waals surface area contributed by atoms with Crippen LogP contribution in [0.25, 0.3) is 10.4 Å². The minimum Gasteiger partial charge on any atom is -0.459 e. The van der Waals surface area contributed by atoms with E-state index in [4.69, 9.17) is 10.3 Å². The number of allylic oxidation sites excluding steroid dienone is 1. The van der Waals surface area contributed by atoms with Crippen molar-refractivity contribution in [3.8, 4) is 0 Å². The van der Waals surface area contributed by atoms with E-state index in [2.05, 4.69) is 29.9 Å². The molecule has 0 aliphatic heterocycles. The number of azide groups is 1. The van der Waals surface area contributed by atoms with Crippen LogP contribution in [0, 0.1) is 34.5 Å². The number of fused-ring (bicyclic) bond motifs is 5. The Kier molecular flexibility index (Phi) is 5.45. The SMILES string of the molecule is CC(=O)OC1CC2=CC[C@H]3[C@@H]4CC[C@H](CCN=[N+]=[N-])[C@@]4(C)CC[C@@H]3[C@@]2(C)CC1O. The van der Waals surface area contributed by atoms with Crippen LogP contribution in [0.5, 0.6) is 0 Å². The molecular formula is C23H35N3O3. The molecule has 3 saturated carbocycles. The molecule has 8 atom stereocenters. The van der Waals surface area contributed by atoms with Gasteiger partial charge in [-0.15, -0.1) is 0 Å². The van der Waals surface area contributed by atoms with E-state index in [1.165, 1.54) is 38.2 Å². The number of ether oxygens (including phenoxy) is 1. The van der Waals surface area contributed by atoms with Crippen molar-refractivity contribution in [1.82, 2.24) is 0 Å². The third-order valence-electron chi connectivity index (χ3n) is 9.26. The number of nitrogens with zero attached hydrogens (tertiary/aromatic N) is 3. The number of rotatable bonds is 4. The van der Waals surface area contributed by atoms with Crippen LogP contribution in [0.2, 0.25) is 0 Å². The van der Waals surface area contributed by atoms with Gasteiger partial charge in [0, 0.05) is 24.8 Å². The van der Waals surface area contributed by atoms with E-state index < -0.39 is 12.2 Å². The first kappa shape index (κ1) is 20.7.